The van der Waals surface area contributed by atoms with E-state index in [4.69, 9.17) is 21.1 Å². The molecule has 0 unspecified atom stereocenters. The third-order valence-corrected chi connectivity index (χ3v) is 4.76. The highest BCUT2D eigenvalue weighted by Gasteiger charge is 2.35. The zero-order valence-corrected chi connectivity index (χ0v) is 16.3. The molecule has 1 amide bonds. The van der Waals surface area contributed by atoms with Crippen LogP contribution in [0.5, 0.6) is 11.5 Å². The number of amides is 1. The summed E-state index contributed by atoms with van der Waals surface area (Å²) in [5, 5.41) is 3.59. The minimum Gasteiger partial charge on any atom is -0.487 e. The lowest BCUT2D eigenvalue weighted by atomic mass is 9.89. The van der Waals surface area contributed by atoms with Crippen LogP contribution in [-0.4, -0.2) is 17.6 Å². The van der Waals surface area contributed by atoms with Gasteiger partial charge < -0.3 is 14.8 Å². The molecule has 0 aromatic heterocycles. The van der Waals surface area contributed by atoms with Gasteiger partial charge in [-0.05, 0) is 51.5 Å². The van der Waals surface area contributed by atoms with E-state index in [0.29, 0.717) is 17.2 Å². The van der Waals surface area contributed by atoms with Gasteiger partial charge in [0.05, 0.1) is 11.1 Å². The highest BCUT2D eigenvalue weighted by molar-refractivity contribution is 6.32. The maximum absolute atomic E-state index is 12.7. The molecule has 2 aromatic carbocycles. The van der Waals surface area contributed by atoms with Crippen LogP contribution in [0.4, 0.5) is 0 Å². The number of hydrogen-bond acceptors (Lipinski definition) is 3. The van der Waals surface area contributed by atoms with Gasteiger partial charge in [-0.1, -0.05) is 35.9 Å². The fourth-order valence-electron chi connectivity index (χ4n) is 3.16. The Kier molecular flexibility index (Phi) is 5.15. The van der Waals surface area contributed by atoms with E-state index in [0.717, 1.165) is 16.9 Å². The summed E-state index contributed by atoms with van der Waals surface area (Å²) >= 11 is 6.11. The Labute approximate surface area is 159 Å². The van der Waals surface area contributed by atoms with Crippen LogP contribution in [0.1, 0.15) is 44.4 Å². The average molecular weight is 374 g/mol. The summed E-state index contributed by atoms with van der Waals surface area (Å²) in [5.41, 5.74) is 1.76. The van der Waals surface area contributed by atoms with Crippen molar-refractivity contribution in [2.24, 2.45) is 0 Å². The van der Waals surface area contributed by atoms with E-state index < -0.39 is 6.10 Å². The molecule has 0 bridgehead atoms. The molecule has 0 saturated carbocycles. The van der Waals surface area contributed by atoms with Gasteiger partial charge >= 0.3 is 0 Å². The van der Waals surface area contributed by atoms with Gasteiger partial charge in [0.1, 0.15) is 17.1 Å². The van der Waals surface area contributed by atoms with Crippen LogP contribution in [0.2, 0.25) is 5.02 Å². The molecule has 1 N–H and O–H groups in total. The van der Waals surface area contributed by atoms with E-state index in [1.807, 2.05) is 51.1 Å². The summed E-state index contributed by atoms with van der Waals surface area (Å²) in [6.07, 6.45) is 0.0305. The van der Waals surface area contributed by atoms with Gasteiger partial charge in [0, 0.05) is 12.0 Å². The number of halogens is 1. The van der Waals surface area contributed by atoms with Crippen LogP contribution < -0.4 is 14.8 Å². The SMILES string of the molecule is Cc1ccc2c(c1)OC(C)(C)C[C@H]2NC(=O)[C@@H](C)Oc1ccccc1Cl. The fraction of sp³-hybridized carbons (Fsp3) is 0.381. The lowest BCUT2D eigenvalue weighted by Crippen LogP contribution is -2.44. The normalized spacial score (nSPS) is 19.0. The lowest BCUT2D eigenvalue weighted by Gasteiger charge is -2.38. The molecule has 2 aromatic rings. The summed E-state index contributed by atoms with van der Waals surface area (Å²) in [7, 11) is 0. The first-order valence-corrected chi connectivity index (χ1v) is 9.14. The van der Waals surface area contributed by atoms with Crippen LogP contribution in [0.15, 0.2) is 42.5 Å². The Hall–Kier alpha value is -2.20. The van der Waals surface area contributed by atoms with E-state index >= 15 is 0 Å². The molecule has 0 radical (unpaired) electrons. The number of para-hydroxylation sites is 1. The van der Waals surface area contributed by atoms with E-state index in [2.05, 4.69) is 5.32 Å². The number of nitrogens with one attached hydrogen (secondary N) is 1. The summed E-state index contributed by atoms with van der Waals surface area (Å²) in [6.45, 7) is 7.81. The molecule has 3 rings (SSSR count). The molecule has 138 valence electrons. The van der Waals surface area contributed by atoms with Crippen molar-refractivity contribution in [2.45, 2.75) is 51.9 Å². The maximum atomic E-state index is 12.7. The monoisotopic (exact) mass is 373 g/mol. The first kappa shape index (κ1) is 18.6. The van der Waals surface area contributed by atoms with Crippen molar-refractivity contribution in [2.75, 3.05) is 0 Å². The summed E-state index contributed by atoms with van der Waals surface area (Å²) < 4.78 is 11.8. The number of benzene rings is 2. The van der Waals surface area contributed by atoms with Gasteiger partial charge in [-0.15, -0.1) is 0 Å². The number of carbonyl (C=O) groups is 1. The first-order valence-electron chi connectivity index (χ1n) is 8.76. The van der Waals surface area contributed by atoms with Crippen molar-refractivity contribution >= 4 is 17.5 Å². The molecule has 0 saturated heterocycles. The standard InChI is InChI=1S/C21H24ClNO3/c1-13-9-10-15-17(12-21(3,4)26-19(15)11-13)23-20(24)14(2)25-18-8-6-5-7-16(18)22/h5-11,14,17H,12H2,1-4H3,(H,23,24)/t14-,17-/m1/s1. The average Bonchev–Trinajstić information content (AvgIpc) is 2.55. The van der Waals surface area contributed by atoms with Crippen molar-refractivity contribution in [1.82, 2.24) is 5.32 Å². The zero-order valence-electron chi connectivity index (χ0n) is 15.5. The van der Waals surface area contributed by atoms with E-state index in [-0.39, 0.29) is 17.6 Å². The largest absolute Gasteiger partial charge is 0.487 e. The molecule has 0 fully saturated rings. The predicted octanol–water partition coefficient (Wildman–Crippen LogP) is 4.83. The number of ether oxygens (including phenoxy) is 2. The number of aryl methyl sites for hydroxylation is 1. The quantitative estimate of drug-likeness (QED) is 0.834. The molecule has 4 nitrogen and oxygen atoms in total. The summed E-state index contributed by atoms with van der Waals surface area (Å²) in [4.78, 5) is 12.7. The van der Waals surface area contributed by atoms with Gasteiger partial charge in [0.2, 0.25) is 0 Å². The second-order valence-electron chi connectivity index (χ2n) is 7.36. The van der Waals surface area contributed by atoms with Gasteiger partial charge in [-0.2, -0.15) is 0 Å². The molecular formula is C21H24ClNO3. The maximum Gasteiger partial charge on any atom is 0.261 e. The molecular weight excluding hydrogens is 350 g/mol. The Balaban J connectivity index is 1.75. The number of rotatable bonds is 4. The Morgan fingerprint density at radius 3 is 2.77 bits per heavy atom. The molecule has 1 heterocycles. The summed E-state index contributed by atoms with van der Waals surface area (Å²) in [6, 6.07) is 13.1. The predicted molar refractivity (Wildman–Crippen MR) is 103 cm³/mol. The minimum absolute atomic E-state index is 0.126. The molecule has 1 aliphatic rings. The van der Waals surface area contributed by atoms with Gasteiger partial charge in [0.15, 0.2) is 6.10 Å². The molecule has 5 heteroatoms. The van der Waals surface area contributed by atoms with Crippen LogP contribution >= 0.6 is 11.6 Å². The highest BCUT2D eigenvalue weighted by atomic mass is 35.5. The highest BCUT2D eigenvalue weighted by Crippen LogP contribution is 2.40. The van der Waals surface area contributed by atoms with Crippen molar-refractivity contribution < 1.29 is 14.3 Å². The van der Waals surface area contributed by atoms with Crippen LogP contribution in [0.25, 0.3) is 0 Å². The molecule has 2 atom stereocenters. The molecule has 0 aliphatic carbocycles. The lowest BCUT2D eigenvalue weighted by molar-refractivity contribution is -0.128. The van der Waals surface area contributed by atoms with Crippen molar-refractivity contribution in [3.05, 3.63) is 58.6 Å². The van der Waals surface area contributed by atoms with E-state index in [1.54, 1.807) is 19.1 Å². The van der Waals surface area contributed by atoms with E-state index in [9.17, 15) is 4.79 Å². The fourth-order valence-corrected chi connectivity index (χ4v) is 3.34. The van der Waals surface area contributed by atoms with Crippen molar-refractivity contribution in [1.29, 1.82) is 0 Å². The van der Waals surface area contributed by atoms with Crippen LogP contribution in [0, 0.1) is 6.92 Å². The number of hydrogen-bond donors (Lipinski definition) is 1. The van der Waals surface area contributed by atoms with Gasteiger partial charge in [-0.25, -0.2) is 0 Å². The van der Waals surface area contributed by atoms with Crippen molar-refractivity contribution in [3.63, 3.8) is 0 Å². The Morgan fingerprint density at radius 2 is 2.04 bits per heavy atom. The first-order chi connectivity index (χ1) is 12.2. The topological polar surface area (TPSA) is 47.6 Å². The zero-order chi connectivity index (χ0) is 18.9. The van der Waals surface area contributed by atoms with Gasteiger partial charge in [-0.3, -0.25) is 4.79 Å². The Morgan fingerprint density at radius 1 is 1.31 bits per heavy atom. The third kappa shape index (κ3) is 4.13. The minimum atomic E-state index is -0.658. The number of carbonyl (C=O) groups excluding carboxylic acids is 1. The van der Waals surface area contributed by atoms with E-state index in [1.165, 1.54) is 0 Å². The molecule has 1 aliphatic heterocycles. The van der Waals surface area contributed by atoms with Crippen LogP contribution in [-0.2, 0) is 4.79 Å². The van der Waals surface area contributed by atoms with Crippen LogP contribution in [0.3, 0.4) is 0 Å². The second-order valence-corrected chi connectivity index (χ2v) is 7.77. The third-order valence-electron chi connectivity index (χ3n) is 4.45. The van der Waals surface area contributed by atoms with Gasteiger partial charge in [0.25, 0.3) is 5.91 Å². The smallest absolute Gasteiger partial charge is 0.261 e. The molecule has 0 spiro atoms. The number of fused-ring (bicyclic) bond motifs is 1. The Bertz CT molecular complexity index is 819. The molecule has 26 heavy (non-hydrogen) atoms. The second kappa shape index (κ2) is 7.20. The summed E-state index contributed by atoms with van der Waals surface area (Å²) in [5.74, 6) is 1.14. The van der Waals surface area contributed by atoms with Crippen molar-refractivity contribution in [3.8, 4) is 11.5 Å².